The lowest BCUT2D eigenvalue weighted by Gasteiger charge is -2.23. The number of halogens is 1. The van der Waals surface area contributed by atoms with E-state index in [0.29, 0.717) is 11.4 Å². The molecule has 0 spiro atoms. The van der Waals surface area contributed by atoms with Gasteiger partial charge in [-0.1, -0.05) is 12.1 Å². The van der Waals surface area contributed by atoms with Gasteiger partial charge in [0, 0.05) is 10.2 Å². The highest BCUT2D eigenvalue weighted by molar-refractivity contribution is 9.10. The lowest BCUT2D eigenvalue weighted by atomic mass is 10.2. The molecule has 2 heterocycles. The summed E-state index contributed by atoms with van der Waals surface area (Å²) in [7, 11) is 0. The molecule has 1 N–H and O–H groups in total. The van der Waals surface area contributed by atoms with Gasteiger partial charge in [-0.25, -0.2) is 4.79 Å². The fraction of sp³-hybridized carbons (Fsp3) is 0.250. The average molecular weight is 373 g/mol. The molecule has 0 radical (unpaired) electrons. The number of carbonyl (C=O) groups excluding carboxylic acids is 1. The number of amides is 1. The van der Waals surface area contributed by atoms with Crippen molar-refractivity contribution in [3.05, 3.63) is 28.7 Å². The maximum Gasteiger partial charge on any atom is 0.337 e. The van der Waals surface area contributed by atoms with Gasteiger partial charge in [0.05, 0.1) is 5.69 Å². The van der Waals surface area contributed by atoms with E-state index in [4.69, 9.17) is 12.2 Å². The standard InChI is InChI=1S/C12H9BrN2O3S2/c13-6-3-1-2-4-7(6)14-9(16)8-5-20-10(11(17)18)15(8)12(14)19/h1-4,8,10H,5H2,(H,17,18). The number of hydrogen-bond donors (Lipinski definition) is 1. The number of carboxylic acid groups (broad SMARTS) is 1. The minimum atomic E-state index is -0.971. The highest BCUT2D eigenvalue weighted by Gasteiger charge is 2.53. The molecule has 20 heavy (non-hydrogen) atoms. The first-order valence-electron chi connectivity index (χ1n) is 5.77. The summed E-state index contributed by atoms with van der Waals surface area (Å²) in [5.41, 5.74) is 0.644. The number of aliphatic carboxylic acids is 1. The van der Waals surface area contributed by atoms with Crippen molar-refractivity contribution in [3.8, 4) is 0 Å². The molecule has 0 bridgehead atoms. The maximum absolute atomic E-state index is 12.5. The smallest absolute Gasteiger partial charge is 0.337 e. The lowest BCUT2D eigenvalue weighted by Crippen LogP contribution is -2.41. The third-order valence-corrected chi connectivity index (χ3v) is 5.54. The van der Waals surface area contributed by atoms with Crippen LogP contribution in [-0.2, 0) is 9.59 Å². The van der Waals surface area contributed by atoms with Gasteiger partial charge >= 0.3 is 5.97 Å². The minimum absolute atomic E-state index is 0.168. The van der Waals surface area contributed by atoms with Crippen LogP contribution in [0.25, 0.3) is 0 Å². The number of para-hydroxylation sites is 1. The second-order valence-electron chi connectivity index (χ2n) is 4.35. The monoisotopic (exact) mass is 372 g/mol. The molecule has 0 saturated carbocycles. The molecule has 3 rings (SSSR count). The number of carbonyl (C=O) groups is 2. The Morgan fingerprint density at radius 2 is 2.15 bits per heavy atom. The van der Waals surface area contributed by atoms with Crippen molar-refractivity contribution in [2.45, 2.75) is 11.4 Å². The summed E-state index contributed by atoms with van der Waals surface area (Å²) in [6, 6.07) is 6.76. The zero-order valence-electron chi connectivity index (χ0n) is 10.0. The van der Waals surface area contributed by atoms with Crippen molar-refractivity contribution in [2.24, 2.45) is 0 Å². The number of carboxylic acids is 1. The van der Waals surface area contributed by atoms with Crippen molar-refractivity contribution in [1.82, 2.24) is 4.90 Å². The molecule has 2 saturated heterocycles. The summed E-state index contributed by atoms with van der Waals surface area (Å²) < 4.78 is 0.747. The van der Waals surface area contributed by atoms with Gasteiger partial charge in [-0.15, -0.1) is 11.8 Å². The Bertz CT molecular complexity index is 624. The predicted molar refractivity (Wildman–Crippen MR) is 83.7 cm³/mol. The molecule has 104 valence electrons. The fourth-order valence-electron chi connectivity index (χ4n) is 2.33. The van der Waals surface area contributed by atoms with Crippen LogP contribution in [0, 0.1) is 0 Å². The summed E-state index contributed by atoms with van der Waals surface area (Å²) in [6.45, 7) is 0. The van der Waals surface area contributed by atoms with E-state index in [9.17, 15) is 14.7 Å². The van der Waals surface area contributed by atoms with Gasteiger partial charge in [0.15, 0.2) is 10.5 Å². The molecular formula is C12H9BrN2O3S2. The Kier molecular flexibility index (Phi) is 3.47. The zero-order chi connectivity index (χ0) is 14.4. The molecule has 2 aliphatic rings. The third-order valence-electron chi connectivity index (χ3n) is 3.22. The van der Waals surface area contributed by atoms with Gasteiger partial charge in [0.2, 0.25) is 0 Å². The second-order valence-corrected chi connectivity index (χ2v) is 6.69. The van der Waals surface area contributed by atoms with Gasteiger partial charge in [-0.3, -0.25) is 9.69 Å². The van der Waals surface area contributed by atoms with E-state index >= 15 is 0 Å². The Labute approximate surface area is 133 Å². The Morgan fingerprint density at radius 1 is 1.45 bits per heavy atom. The van der Waals surface area contributed by atoms with Gasteiger partial charge < -0.3 is 10.0 Å². The Balaban J connectivity index is 2.01. The van der Waals surface area contributed by atoms with Gasteiger partial charge in [-0.2, -0.15) is 0 Å². The highest BCUT2D eigenvalue weighted by atomic mass is 79.9. The molecule has 1 aromatic carbocycles. The predicted octanol–water partition coefficient (Wildman–Crippen LogP) is 1.91. The van der Waals surface area contributed by atoms with Crippen molar-refractivity contribution >= 4 is 62.6 Å². The normalized spacial score (nSPS) is 25.2. The second kappa shape index (κ2) is 5.01. The average Bonchev–Trinajstić information content (AvgIpc) is 2.93. The van der Waals surface area contributed by atoms with E-state index in [2.05, 4.69) is 15.9 Å². The van der Waals surface area contributed by atoms with Crippen LogP contribution >= 0.6 is 39.9 Å². The minimum Gasteiger partial charge on any atom is -0.479 e. The van der Waals surface area contributed by atoms with E-state index in [1.54, 1.807) is 6.07 Å². The Morgan fingerprint density at radius 3 is 2.80 bits per heavy atom. The first-order chi connectivity index (χ1) is 9.52. The number of rotatable bonds is 2. The molecule has 8 heteroatoms. The number of thioether (sulfide) groups is 1. The van der Waals surface area contributed by atoms with Crippen LogP contribution in [0.1, 0.15) is 0 Å². The summed E-state index contributed by atoms with van der Waals surface area (Å²) in [5.74, 6) is -0.698. The zero-order valence-corrected chi connectivity index (χ0v) is 13.2. The molecule has 1 amide bonds. The summed E-state index contributed by atoms with van der Waals surface area (Å²) >= 11 is 9.95. The number of thiocarbonyl (C=S) groups is 1. The SMILES string of the molecule is O=C(O)C1SCC2C(=O)N(c3ccccc3Br)C(=S)N21. The number of nitrogens with zero attached hydrogens (tertiary/aromatic N) is 2. The first-order valence-corrected chi connectivity index (χ1v) is 8.02. The van der Waals surface area contributed by atoms with Crippen LogP contribution in [-0.4, -0.2) is 44.2 Å². The number of hydrogen-bond acceptors (Lipinski definition) is 4. The molecule has 0 aromatic heterocycles. The molecule has 2 atom stereocenters. The molecular weight excluding hydrogens is 364 g/mol. The molecule has 0 aliphatic carbocycles. The van der Waals surface area contributed by atoms with Gasteiger partial charge in [0.1, 0.15) is 6.04 Å². The van der Waals surface area contributed by atoms with Crippen LogP contribution in [0.5, 0.6) is 0 Å². The fourth-order valence-corrected chi connectivity index (χ4v) is 4.50. The Hall–Kier alpha value is -1.12. The third kappa shape index (κ3) is 1.94. The number of anilines is 1. The van der Waals surface area contributed by atoms with E-state index in [0.717, 1.165) is 4.47 Å². The number of fused-ring (bicyclic) bond motifs is 1. The summed E-state index contributed by atoms with van der Waals surface area (Å²) in [5, 5.41) is 8.68. The van der Waals surface area contributed by atoms with Crippen molar-refractivity contribution < 1.29 is 14.7 Å². The van der Waals surface area contributed by atoms with Gasteiger partial charge in [0.25, 0.3) is 5.91 Å². The van der Waals surface area contributed by atoms with Crippen molar-refractivity contribution in [2.75, 3.05) is 10.7 Å². The van der Waals surface area contributed by atoms with Crippen LogP contribution in [0.15, 0.2) is 28.7 Å². The van der Waals surface area contributed by atoms with Crippen LogP contribution < -0.4 is 4.90 Å². The molecule has 2 unspecified atom stereocenters. The lowest BCUT2D eigenvalue weighted by molar-refractivity contribution is -0.138. The largest absolute Gasteiger partial charge is 0.479 e. The van der Waals surface area contributed by atoms with E-state index < -0.39 is 17.4 Å². The van der Waals surface area contributed by atoms with Crippen LogP contribution in [0.3, 0.4) is 0 Å². The molecule has 2 fully saturated rings. The van der Waals surface area contributed by atoms with Crippen molar-refractivity contribution in [3.63, 3.8) is 0 Å². The maximum atomic E-state index is 12.5. The van der Waals surface area contributed by atoms with E-state index in [1.165, 1.54) is 21.6 Å². The molecule has 1 aromatic rings. The molecule has 2 aliphatic heterocycles. The quantitative estimate of drug-likeness (QED) is 0.800. The van der Waals surface area contributed by atoms with E-state index in [1.807, 2.05) is 18.2 Å². The summed E-state index contributed by atoms with van der Waals surface area (Å²) in [4.78, 5) is 26.7. The molecule has 5 nitrogen and oxygen atoms in total. The van der Waals surface area contributed by atoms with Crippen molar-refractivity contribution in [1.29, 1.82) is 0 Å². The summed E-state index contributed by atoms with van der Waals surface area (Å²) in [6.07, 6.45) is 0. The van der Waals surface area contributed by atoms with Crippen LogP contribution in [0.2, 0.25) is 0 Å². The highest BCUT2D eigenvalue weighted by Crippen LogP contribution is 2.39. The van der Waals surface area contributed by atoms with Crippen LogP contribution in [0.4, 0.5) is 5.69 Å². The first kappa shape index (κ1) is 13.8. The number of benzene rings is 1. The van der Waals surface area contributed by atoms with E-state index in [-0.39, 0.29) is 11.0 Å². The topological polar surface area (TPSA) is 60.9 Å². The van der Waals surface area contributed by atoms with Gasteiger partial charge in [-0.05, 0) is 40.3 Å².